The van der Waals surface area contributed by atoms with Gasteiger partial charge in [0, 0.05) is 35.9 Å². The van der Waals surface area contributed by atoms with Crippen LogP contribution in [0.3, 0.4) is 0 Å². The smallest absolute Gasteiger partial charge is 0.270 e. The Morgan fingerprint density at radius 1 is 1.13 bits per heavy atom. The van der Waals surface area contributed by atoms with Crippen LogP contribution < -0.4 is 14.9 Å². The first-order valence-corrected chi connectivity index (χ1v) is 15.6. The summed E-state index contributed by atoms with van der Waals surface area (Å²) in [5, 5.41) is 11.1. The van der Waals surface area contributed by atoms with Gasteiger partial charge in [-0.2, -0.15) is 5.10 Å². The number of fused-ring (bicyclic) bond motifs is 1. The van der Waals surface area contributed by atoms with Gasteiger partial charge in [-0.05, 0) is 80.0 Å². The fourth-order valence-electron chi connectivity index (χ4n) is 4.90. The summed E-state index contributed by atoms with van der Waals surface area (Å²) in [5.41, 5.74) is 3.17. The fourth-order valence-corrected chi connectivity index (χ4v) is 6.14. The van der Waals surface area contributed by atoms with Crippen molar-refractivity contribution in [2.24, 2.45) is 5.92 Å². The maximum atomic E-state index is 13.0. The number of rotatable bonds is 10. The van der Waals surface area contributed by atoms with Gasteiger partial charge in [-0.25, -0.2) is 13.1 Å². The van der Waals surface area contributed by atoms with Crippen molar-refractivity contribution >= 4 is 54.4 Å². The largest absolute Gasteiger partial charge is 0.356 e. The van der Waals surface area contributed by atoms with Crippen LogP contribution in [-0.2, 0) is 14.8 Å². The Labute approximate surface area is 231 Å². The van der Waals surface area contributed by atoms with E-state index in [2.05, 4.69) is 26.6 Å². The van der Waals surface area contributed by atoms with Crippen LogP contribution in [0.25, 0.3) is 16.6 Å². The molecule has 2 N–H and O–H groups in total. The number of aromatic nitrogens is 2. The minimum absolute atomic E-state index is 0.0578. The molecule has 0 bridgehead atoms. The van der Waals surface area contributed by atoms with Gasteiger partial charge in [0.1, 0.15) is 5.69 Å². The van der Waals surface area contributed by atoms with E-state index in [4.69, 9.17) is 5.10 Å². The van der Waals surface area contributed by atoms with Gasteiger partial charge < -0.3 is 10.6 Å². The average molecular weight is 603 g/mol. The fraction of sp³-hybridized carbons (Fsp3) is 0.444. The summed E-state index contributed by atoms with van der Waals surface area (Å²) in [5.74, 6) is 0.111. The molecule has 38 heavy (non-hydrogen) atoms. The minimum Gasteiger partial charge on any atom is -0.356 e. The standard InChI is InChI=1S/C27H32BrN5O4S/c1-29-27(35)25-22-15-21(17-7-8-17)24(16-23(22)31-33(25)20-11-9-19(28)10-12-20)32(38(2,36)37)14-4-13-30-26(34)18-5-3-6-18/h9-12,15-18H,3-8,13-14H2,1-2H3,(H,29,35)(H,30,34). The minimum atomic E-state index is -3.61. The van der Waals surface area contributed by atoms with Crippen molar-refractivity contribution in [2.45, 2.75) is 44.4 Å². The molecule has 2 aliphatic carbocycles. The van der Waals surface area contributed by atoms with Gasteiger partial charge in [0.25, 0.3) is 5.91 Å². The van der Waals surface area contributed by atoms with Crippen molar-refractivity contribution < 1.29 is 18.0 Å². The number of sulfonamides is 1. The molecule has 2 fully saturated rings. The van der Waals surface area contributed by atoms with Crippen LogP contribution in [0.1, 0.15) is 60.5 Å². The van der Waals surface area contributed by atoms with Crippen molar-refractivity contribution in [2.75, 3.05) is 30.7 Å². The van der Waals surface area contributed by atoms with Crippen molar-refractivity contribution in [3.8, 4) is 5.69 Å². The van der Waals surface area contributed by atoms with E-state index >= 15 is 0 Å². The van der Waals surface area contributed by atoms with Crippen molar-refractivity contribution in [3.63, 3.8) is 0 Å². The average Bonchev–Trinajstić information content (AvgIpc) is 3.62. The van der Waals surface area contributed by atoms with Crippen LogP contribution in [-0.4, -0.2) is 56.4 Å². The molecule has 2 saturated carbocycles. The summed E-state index contributed by atoms with van der Waals surface area (Å²) in [6.07, 6.45) is 6.56. The summed E-state index contributed by atoms with van der Waals surface area (Å²) in [4.78, 5) is 25.2. The normalized spacial score (nSPS) is 15.8. The van der Waals surface area contributed by atoms with Crippen LogP contribution in [0.15, 0.2) is 40.9 Å². The third-order valence-corrected chi connectivity index (χ3v) is 9.04. The number of halogens is 1. The third-order valence-electron chi connectivity index (χ3n) is 7.33. The van der Waals surface area contributed by atoms with E-state index in [0.717, 1.165) is 47.8 Å². The number of benzene rings is 2. The maximum absolute atomic E-state index is 13.0. The highest BCUT2D eigenvalue weighted by Gasteiger charge is 2.32. The number of amides is 2. The second-order valence-corrected chi connectivity index (χ2v) is 12.9. The lowest BCUT2D eigenvalue weighted by Crippen LogP contribution is -2.37. The van der Waals surface area contributed by atoms with Gasteiger partial charge in [0.05, 0.1) is 23.1 Å². The van der Waals surface area contributed by atoms with E-state index in [1.807, 2.05) is 30.3 Å². The van der Waals surface area contributed by atoms with E-state index in [0.29, 0.717) is 35.2 Å². The summed E-state index contributed by atoms with van der Waals surface area (Å²) < 4.78 is 29.9. The zero-order valence-electron chi connectivity index (χ0n) is 21.5. The topological polar surface area (TPSA) is 113 Å². The summed E-state index contributed by atoms with van der Waals surface area (Å²) in [6, 6.07) is 11.2. The van der Waals surface area contributed by atoms with E-state index < -0.39 is 10.0 Å². The van der Waals surface area contributed by atoms with Gasteiger partial charge in [-0.3, -0.25) is 13.9 Å². The monoisotopic (exact) mass is 601 g/mol. The van der Waals surface area contributed by atoms with E-state index in [9.17, 15) is 18.0 Å². The molecular formula is C27H32BrN5O4S. The van der Waals surface area contributed by atoms with Gasteiger partial charge >= 0.3 is 0 Å². The predicted molar refractivity (Wildman–Crippen MR) is 151 cm³/mol. The number of carbonyl (C=O) groups excluding carboxylic acids is 2. The molecule has 202 valence electrons. The Bertz CT molecular complexity index is 1480. The summed E-state index contributed by atoms with van der Waals surface area (Å²) in [6.45, 7) is 0.659. The Hall–Kier alpha value is -2.92. The molecule has 0 aliphatic heterocycles. The molecular weight excluding hydrogens is 570 g/mol. The predicted octanol–water partition coefficient (Wildman–Crippen LogP) is 4.10. The molecule has 5 rings (SSSR count). The lowest BCUT2D eigenvalue weighted by molar-refractivity contribution is -0.127. The third kappa shape index (κ3) is 5.44. The Kier molecular flexibility index (Phi) is 7.50. The Morgan fingerprint density at radius 2 is 1.84 bits per heavy atom. The first-order chi connectivity index (χ1) is 18.2. The van der Waals surface area contributed by atoms with Gasteiger partial charge in [0.2, 0.25) is 15.9 Å². The SMILES string of the molecule is CNC(=O)c1c2cc(C3CC3)c(N(CCCNC(=O)C3CCC3)S(C)(=O)=O)cc2nn1-c1ccc(Br)cc1. The van der Waals surface area contributed by atoms with E-state index in [1.54, 1.807) is 17.8 Å². The molecule has 1 aromatic heterocycles. The molecule has 0 radical (unpaired) electrons. The van der Waals surface area contributed by atoms with Crippen molar-refractivity contribution in [3.05, 3.63) is 52.1 Å². The zero-order chi connectivity index (χ0) is 27.0. The van der Waals surface area contributed by atoms with E-state index in [-0.39, 0.29) is 30.2 Å². The molecule has 0 spiro atoms. The number of nitrogens with one attached hydrogen (secondary N) is 2. The van der Waals surface area contributed by atoms with Gasteiger partial charge in [-0.15, -0.1) is 0 Å². The molecule has 11 heteroatoms. The maximum Gasteiger partial charge on any atom is 0.270 e. The van der Waals surface area contributed by atoms with E-state index in [1.165, 1.54) is 10.6 Å². The number of carbonyl (C=O) groups is 2. The molecule has 2 aliphatic rings. The zero-order valence-corrected chi connectivity index (χ0v) is 23.9. The quantitative estimate of drug-likeness (QED) is 0.340. The molecule has 2 amide bonds. The molecule has 9 nitrogen and oxygen atoms in total. The highest BCUT2D eigenvalue weighted by atomic mass is 79.9. The second-order valence-electron chi connectivity index (χ2n) is 10.1. The molecule has 0 atom stereocenters. The first kappa shape index (κ1) is 26.7. The lowest BCUT2D eigenvalue weighted by atomic mass is 9.85. The molecule has 1 heterocycles. The molecule has 3 aromatic rings. The molecule has 0 unspecified atom stereocenters. The number of nitrogens with zero attached hydrogens (tertiary/aromatic N) is 3. The molecule has 0 saturated heterocycles. The van der Waals surface area contributed by atoms with Crippen molar-refractivity contribution in [1.29, 1.82) is 0 Å². The second kappa shape index (κ2) is 10.7. The highest BCUT2D eigenvalue weighted by molar-refractivity contribution is 9.10. The van der Waals surface area contributed by atoms with Crippen LogP contribution in [0.2, 0.25) is 0 Å². The first-order valence-electron chi connectivity index (χ1n) is 13.0. The van der Waals surface area contributed by atoms with Crippen LogP contribution in [0.4, 0.5) is 5.69 Å². The highest BCUT2D eigenvalue weighted by Crippen LogP contribution is 2.46. The van der Waals surface area contributed by atoms with Crippen molar-refractivity contribution in [1.82, 2.24) is 20.4 Å². The number of anilines is 1. The van der Waals surface area contributed by atoms with Gasteiger partial charge in [-0.1, -0.05) is 22.4 Å². The number of hydrogen-bond donors (Lipinski definition) is 2. The summed E-state index contributed by atoms with van der Waals surface area (Å²) >= 11 is 3.44. The van der Waals surface area contributed by atoms with Crippen LogP contribution in [0, 0.1) is 5.92 Å². The van der Waals surface area contributed by atoms with Crippen LogP contribution in [0.5, 0.6) is 0 Å². The Balaban J connectivity index is 1.52. The molecule has 2 aromatic carbocycles. The summed E-state index contributed by atoms with van der Waals surface area (Å²) in [7, 11) is -2.02. The van der Waals surface area contributed by atoms with Gasteiger partial charge in [0.15, 0.2) is 0 Å². The lowest BCUT2D eigenvalue weighted by Gasteiger charge is -2.26. The Morgan fingerprint density at radius 3 is 2.42 bits per heavy atom. The number of hydrogen-bond acceptors (Lipinski definition) is 5. The van der Waals surface area contributed by atoms with Crippen LogP contribution >= 0.6 is 15.9 Å².